The average Bonchev–Trinajstić information content (AvgIpc) is 2.18. The average molecular weight is 250 g/mol. The van der Waals surface area contributed by atoms with Crippen molar-refractivity contribution in [2.45, 2.75) is 0 Å². The summed E-state index contributed by atoms with van der Waals surface area (Å²) in [5.41, 5.74) is 0.489. The largest absolute Gasteiger partial charge is 0.206 e. The third-order valence-corrected chi connectivity index (χ3v) is 2.72. The molecule has 0 amide bonds. The molecule has 0 atom stereocenters. The van der Waals surface area contributed by atoms with E-state index in [9.17, 15) is 4.39 Å². The summed E-state index contributed by atoms with van der Waals surface area (Å²) >= 11 is 3.26. The van der Waals surface area contributed by atoms with E-state index in [0.717, 1.165) is 0 Å². The summed E-state index contributed by atoms with van der Waals surface area (Å²) in [6.07, 6.45) is 0. The van der Waals surface area contributed by atoms with E-state index in [1.54, 1.807) is 18.2 Å². The molecule has 2 aromatic carbocycles. The van der Waals surface area contributed by atoms with Gasteiger partial charge in [-0.3, -0.25) is 0 Å². The van der Waals surface area contributed by atoms with Crippen molar-refractivity contribution in [1.29, 1.82) is 5.26 Å². The van der Waals surface area contributed by atoms with E-state index in [1.807, 2.05) is 6.07 Å². The van der Waals surface area contributed by atoms with Crippen LogP contribution in [0.25, 0.3) is 10.8 Å². The second kappa shape index (κ2) is 3.39. The number of fused-ring (bicyclic) bond motifs is 1. The summed E-state index contributed by atoms with van der Waals surface area (Å²) in [7, 11) is 0. The molecule has 2 aromatic rings. The first-order chi connectivity index (χ1) is 6.74. The first-order valence-electron chi connectivity index (χ1n) is 4.01. The van der Waals surface area contributed by atoms with Crippen LogP contribution in [0.2, 0.25) is 0 Å². The molecular weight excluding hydrogens is 245 g/mol. The fourth-order valence-corrected chi connectivity index (χ4v) is 1.97. The maximum Gasteiger partial charge on any atom is 0.132 e. The van der Waals surface area contributed by atoms with Gasteiger partial charge in [0.15, 0.2) is 0 Å². The number of benzene rings is 2. The molecule has 1 nitrogen and oxygen atoms in total. The van der Waals surface area contributed by atoms with Crippen molar-refractivity contribution in [3.8, 4) is 6.07 Å². The van der Waals surface area contributed by atoms with E-state index >= 15 is 0 Å². The van der Waals surface area contributed by atoms with Gasteiger partial charge >= 0.3 is 0 Å². The zero-order valence-electron chi connectivity index (χ0n) is 7.09. The Morgan fingerprint density at radius 3 is 2.71 bits per heavy atom. The summed E-state index contributed by atoms with van der Waals surface area (Å²) in [6.45, 7) is 0. The Morgan fingerprint density at radius 2 is 2.00 bits per heavy atom. The van der Waals surface area contributed by atoms with Crippen LogP contribution in [0.3, 0.4) is 0 Å². The van der Waals surface area contributed by atoms with Crippen LogP contribution in [0.1, 0.15) is 5.56 Å². The topological polar surface area (TPSA) is 23.8 Å². The molecule has 0 bridgehead atoms. The van der Waals surface area contributed by atoms with Crippen molar-refractivity contribution in [3.05, 3.63) is 46.2 Å². The minimum atomic E-state index is -0.313. The highest BCUT2D eigenvalue weighted by molar-refractivity contribution is 9.10. The van der Waals surface area contributed by atoms with Crippen molar-refractivity contribution in [2.75, 3.05) is 0 Å². The molecule has 14 heavy (non-hydrogen) atoms. The van der Waals surface area contributed by atoms with Gasteiger partial charge in [0, 0.05) is 15.2 Å². The number of rotatable bonds is 0. The van der Waals surface area contributed by atoms with Crippen LogP contribution in [0.15, 0.2) is 34.8 Å². The summed E-state index contributed by atoms with van der Waals surface area (Å²) in [5, 5.41) is 9.93. The summed E-state index contributed by atoms with van der Waals surface area (Å²) < 4.78 is 14.1. The maximum atomic E-state index is 13.4. The Kier molecular flexibility index (Phi) is 2.22. The van der Waals surface area contributed by atoms with Crippen LogP contribution < -0.4 is 0 Å². The van der Waals surface area contributed by atoms with Crippen molar-refractivity contribution in [2.24, 2.45) is 0 Å². The highest BCUT2D eigenvalue weighted by Crippen LogP contribution is 2.28. The molecular formula is C11H5BrFN. The minimum absolute atomic E-state index is 0.313. The quantitative estimate of drug-likeness (QED) is 0.700. The van der Waals surface area contributed by atoms with Crippen LogP contribution in [0.5, 0.6) is 0 Å². The van der Waals surface area contributed by atoms with Crippen LogP contribution in [-0.2, 0) is 0 Å². The molecule has 0 fully saturated rings. The van der Waals surface area contributed by atoms with Crippen LogP contribution in [-0.4, -0.2) is 0 Å². The van der Waals surface area contributed by atoms with E-state index < -0.39 is 0 Å². The second-order valence-corrected chi connectivity index (χ2v) is 3.72. The first kappa shape index (κ1) is 9.17. The summed E-state index contributed by atoms with van der Waals surface area (Å²) in [4.78, 5) is 0. The van der Waals surface area contributed by atoms with Gasteiger partial charge in [0.1, 0.15) is 5.82 Å². The van der Waals surface area contributed by atoms with Gasteiger partial charge in [-0.15, -0.1) is 0 Å². The monoisotopic (exact) mass is 249 g/mol. The number of nitrogens with zero attached hydrogens (tertiary/aromatic N) is 1. The molecule has 0 aliphatic carbocycles. The lowest BCUT2D eigenvalue weighted by atomic mass is 10.1. The standard InChI is InChI=1S/C11H5BrFN/c12-9-3-1-2-8-7(6-14)4-5-10(13)11(8)9/h1-5H. The van der Waals surface area contributed by atoms with E-state index in [1.165, 1.54) is 12.1 Å². The molecule has 0 radical (unpaired) electrons. The van der Waals surface area contributed by atoms with Gasteiger partial charge in [-0.25, -0.2) is 4.39 Å². The Hall–Kier alpha value is -1.40. The second-order valence-electron chi connectivity index (χ2n) is 2.87. The Morgan fingerprint density at radius 1 is 1.21 bits per heavy atom. The van der Waals surface area contributed by atoms with Gasteiger partial charge in [-0.2, -0.15) is 5.26 Å². The van der Waals surface area contributed by atoms with Crippen LogP contribution in [0, 0.1) is 17.1 Å². The molecule has 0 aliphatic rings. The zero-order chi connectivity index (χ0) is 10.1. The Bertz CT molecular complexity index is 534. The van der Waals surface area contributed by atoms with E-state index in [0.29, 0.717) is 20.8 Å². The summed E-state index contributed by atoms with van der Waals surface area (Å²) in [5.74, 6) is -0.313. The third-order valence-electron chi connectivity index (χ3n) is 2.06. The zero-order valence-corrected chi connectivity index (χ0v) is 8.68. The molecule has 0 spiro atoms. The van der Waals surface area contributed by atoms with Gasteiger partial charge < -0.3 is 0 Å². The fraction of sp³-hybridized carbons (Fsp3) is 0. The Labute approximate surface area is 88.9 Å². The molecule has 0 saturated carbocycles. The van der Waals surface area contributed by atoms with Crippen molar-refractivity contribution in [1.82, 2.24) is 0 Å². The van der Waals surface area contributed by atoms with Crippen LogP contribution >= 0.6 is 15.9 Å². The highest BCUT2D eigenvalue weighted by atomic mass is 79.9. The molecule has 2 rings (SSSR count). The van der Waals surface area contributed by atoms with E-state index in [4.69, 9.17) is 5.26 Å². The number of nitriles is 1. The normalized spacial score (nSPS) is 10.1. The van der Waals surface area contributed by atoms with E-state index in [2.05, 4.69) is 15.9 Å². The lowest BCUT2D eigenvalue weighted by Gasteiger charge is -2.03. The maximum absolute atomic E-state index is 13.4. The van der Waals surface area contributed by atoms with Crippen molar-refractivity contribution < 1.29 is 4.39 Å². The lowest BCUT2D eigenvalue weighted by molar-refractivity contribution is 0.639. The third kappa shape index (κ3) is 1.28. The van der Waals surface area contributed by atoms with Gasteiger partial charge in [-0.05, 0) is 18.2 Å². The Balaban J connectivity index is 3.00. The van der Waals surface area contributed by atoms with Gasteiger partial charge in [0.2, 0.25) is 0 Å². The highest BCUT2D eigenvalue weighted by Gasteiger charge is 2.07. The van der Waals surface area contributed by atoms with Crippen LogP contribution in [0.4, 0.5) is 4.39 Å². The minimum Gasteiger partial charge on any atom is -0.206 e. The number of halogens is 2. The summed E-state index contributed by atoms with van der Waals surface area (Å²) in [6, 6.07) is 10.1. The molecule has 0 N–H and O–H groups in total. The first-order valence-corrected chi connectivity index (χ1v) is 4.80. The number of hydrogen-bond acceptors (Lipinski definition) is 1. The number of hydrogen-bond donors (Lipinski definition) is 0. The molecule has 0 unspecified atom stereocenters. The predicted octanol–water partition coefficient (Wildman–Crippen LogP) is 3.61. The van der Waals surface area contributed by atoms with Gasteiger partial charge in [-0.1, -0.05) is 28.1 Å². The smallest absolute Gasteiger partial charge is 0.132 e. The lowest BCUT2D eigenvalue weighted by Crippen LogP contribution is -1.85. The fourth-order valence-electron chi connectivity index (χ4n) is 1.42. The molecule has 3 heteroatoms. The molecule has 0 heterocycles. The SMILES string of the molecule is N#Cc1ccc(F)c2c(Br)cccc12. The van der Waals surface area contributed by atoms with Crippen molar-refractivity contribution >= 4 is 26.7 Å². The molecule has 0 aromatic heterocycles. The van der Waals surface area contributed by atoms with E-state index in [-0.39, 0.29) is 5.82 Å². The molecule has 0 aliphatic heterocycles. The molecule has 68 valence electrons. The van der Waals surface area contributed by atoms with Gasteiger partial charge in [0.05, 0.1) is 11.6 Å². The predicted molar refractivity (Wildman–Crippen MR) is 56.3 cm³/mol. The molecule has 0 saturated heterocycles. The van der Waals surface area contributed by atoms with Gasteiger partial charge in [0.25, 0.3) is 0 Å². The van der Waals surface area contributed by atoms with Crippen molar-refractivity contribution in [3.63, 3.8) is 0 Å².